The van der Waals surface area contributed by atoms with Crippen molar-refractivity contribution in [1.82, 2.24) is 4.57 Å². The van der Waals surface area contributed by atoms with Crippen LogP contribution in [0.5, 0.6) is 11.5 Å². The molecule has 2 heterocycles. The van der Waals surface area contributed by atoms with E-state index in [0.29, 0.717) is 0 Å². The zero-order valence-electron chi connectivity index (χ0n) is 15.7. The van der Waals surface area contributed by atoms with Crippen molar-refractivity contribution in [3.63, 3.8) is 0 Å². The molecule has 0 radical (unpaired) electrons. The number of ether oxygens (including phenoxy) is 2. The molecule has 6 heteroatoms. The van der Waals surface area contributed by atoms with Gasteiger partial charge < -0.3 is 14.0 Å². The maximum atomic E-state index is 5.28. The fraction of sp³-hybridized carbons (Fsp3) is 0.136. The monoisotopic (exact) mass is 408 g/mol. The number of hydrogen-bond acceptors (Lipinski definition) is 5. The van der Waals surface area contributed by atoms with E-state index in [-0.39, 0.29) is 0 Å². The molecule has 28 heavy (non-hydrogen) atoms. The summed E-state index contributed by atoms with van der Waals surface area (Å²) in [5.41, 5.74) is 3.29. The number of hydrogen-bond donors (Lipinski definition) is 0. The number of benzene rings is 2. The molecule has 4 nitrogen and oxygen atoms in total. The number of rotatable bonds is 6. The third kappa shape index (κ3) is 4.03. The fourth-order valence-corrected chi connectivity index (χ4v) is 4.62. The molecule has 0 spiro atoms. The maximum absolute atomic E-state index is 5.28. The zero-order valence-corrected chi connectivity index (χ0v) is 17.3. The van der Waals surface area contributed by atoms with Gasteiger partial charge in [-0.1, -0.05) is 18.2 Å². The van der Waals surface area contributed by atoms with Crippen LogP contribution in [0.2, 0.25) is 0 Å². The molecule has 0 aliphatic heterocycles. The van der Waals surface area contributed by atoms with E-state index in [9.17, 15) is 0 Å². The maximum Gasteiger partial charge on any atom is 0.190 e. The molecule has 0 saturated heterocycles. The van der Waals surface area contributed by atoms with Crippen LogP contribution in [0.4, 0.5) is 5.69 Å². The smallest absolute Gasteiger partial charge is 0.190 e. The molecule has 0 aliphatic carbocycles. The van der Waals surface area contributed by atoms with Crippen LogP contribution in [0, 0.1) is 0 Å². The third-order valence-electron chi connectivity index (χ3n) is 4.37. The summed E-state index contributed by atoms with van der Waals surface area (Å²) in [5.74, 6) is 1.69. The Kier molecular flexibility index (Phi) is 5.60. The second-order valence-electron chi connectivity index (χ2n) is 6.12. The summed E-state index contributed by atoms with van der Waals surface area (Å²) < 4.78 is 12.8. The highest BCUT2D eigenvalue weighted by Crippen LogP contribution is 2.26. The van der Waals surface area contributed by atoms with E-state index in [1.165, 1.54) is 16.1 Å². The van der Waals surface area contributed by atoms with E-state index < -0.39 is 0 Å². The first-order valence-corrected chi connectivity index (χ1v) is 10.6. The van der Waals surface area contributed by atoms with Crippen molar-refractivity contribution in [3.05, 3.63) is 81.8 Å². The van der Waals surface area contributed by atoms with Crippen molar-refractivity contribution in [2.45, 2.75) is 6.54 Å². The third-order valence-corrected chi connectivity index (χ3v) is 6.12. The highest BCUT2D eigenvalue weighted by Gasteiger charge is 2.10. The standard InChI is InChI=1S/C22H20N2O2S2/c1-25-18-9-5-16(6-10-18)14-24-20(21-4-3-13-27-21)15-28-22(24)23-17-7-11-19(26-2)12-8-17/h3-13,15H,14H2,1-2H3. The summed E-state index contributed by atoms with van der Waals surface area (Å²) in [5, 5.41) is 4.28. The summed E-state index contributed by atoms with van der Waals surface area (Å²) in [6, 6.07) is 20.2. The Morgan fingerprint density at radius 3 is 2.14 bits per heavy atom. The Morgan fingerprint density at radius 2 is 1.54 bits per heavy atom. The molecule has 4 rings (SSSR count). The van der Waals surface area contributed by atoms with Crippen LogP contribution in [0.3, 0.4) is 0 Å². The van der Waals surface area contributed by atoms with Crippen LogP contribution in [-0.4, -0.2) is 18.8 Å². The van der Waals surface area contributed by atoms with Gasteiger partial charge in [-0.3, -0.25) is 0 Å². The van der Waals surface area contributed by atoms with E-state index in [1.807, 2.05) is 36.4 Å². The Labute approximate surface area is 172 Å². The minimum absolute atomic E-state index is 0.746. The van der Waals surface area contributed by atoms with E-state index in [0.717, 1.165) is 28.5 Å². The highest BCUT2D eigenvalue weighted by atomic mass is 32.1. The van der Waals surface area contributed by atoms with E-state index in [2.05, 4.69) is 39.6 Å². The Morgan fingerprint density at radius 1 is 0.857 bits per heavy atom. The van der Waals surface area contributed by atoms with Crippen molar-refractivity contribution in [3.8, 4) is 22.1 Å². The number of aromatic nitrogens is 1. The molecule has 0 bridgehead atoms. The molecular formula is C22H20N2O2S2. The van der Waals surface area contributed by atoms with Crippen LogP contribution in [0.25, 0.3) is 10.6 Å². The van der Waals surface area contributed by atoms with Gasteiger partial charge in [0.2, 0.25) is 0 Å². The van der Waals surface area contributed by atoms with Gasteiger partial charge in [0, 0.05) is 5.38 Å². The molecule has 0 fully saturated rings. The number of methoxy groups -OCH3 is 2. The van der Waals surface area contributed by atoms with Crippen molar-refractivity contribution in [2.24, 2.45) is 4.99 Å². The highest BCUT2D eigenvalue weighted by molar-refractivity contribution is 7.14. The first-order chi connectivity index (χ1) is 13.8. The first kappa shape index (κ1) is 18.5. The molecule has 0 atom stereocenters. The molecule has 0 aliphatic rings. The fourth-order valence-electron chi connectivity index (χ4n) is 2.87. The Bertz CT molecular complexity index is 1090. The van der Waals surface area contributed by atoms with Gasteiger partial charge in [0.15, 0.2) is 4.80 Å². The summed E-state index contributed by atoms with van der Waals surface area (Å²) in [6.45, 7) is 0.746. The summed E-state index contributed by atoms with van der Waals surface area (Å²) in [7, 11) is 3.35. The van der Waals surface area contributed by atoms with E-state index >= 15 is 0 Å². The lowest BCUT2D eigenvalue weighted by Gasteiger charge is -2.09. The van der Waals surface area contributed by atoms with E-state index in [1.54, 1.807) is 36.9 Å². The topological polar surface area (TPSA) is 35.8 Å². The predicted molar refractivity (Wildman–Crippen MR) is 116 cm³/mol. The van der Waals surface area contributed by atoms with Gasteiger partial charge in [0.1, 0.15) is 11.5 Å². The summed E-state index contributed by atoms with van der Waals surface area (Å²) >= 11 is 3.39. The molecule has 0 N–H and O–H groups in total. The SMILES string of the molecule is COc1ccc(Cn2c(-c3cccs3)csc2=Nc2ccc(OC)cc2)cc1. The zero-order chi connectivity index (χ0) is 19.3. The van der Waals surface area contributed by atoms with Crippen molar-refractivity contribution in [2.75, 3.05) is 14.2 Å². The molecule has 0 amide bonds. The van der Waals surface area contributed by atoms with Crippen molar-refractivity contribution in [1.29, 1.82) is 0 Å². The quantitative estimate of drug-likeness (QED) is 0.418. The van der Waals surface area contributed by atoms with Gasteiger partial charge in [-0.05, 0) is 53.4 Å². The van der Waals surface area contributed by atoms with Crippen LogP contribution >= 0.6 is 22.7 Å². The number of thiazole rings is 1. The molecule has 2 aromatic carbocycles. The minimum atomic E-state index is 0.746. The van der Waals surface area contributed by atoms with Gasteiger partial charge >= 0.3 is 0 Å². The van der Waals surface area contributed by atoms with Crippen molar-refractivity contribution < 1.29 is 9.47 Å². The van der Waals surface area contributed by atoms with Crippen molar-refractivity contribution >= 4 is 28.4 Å². The number of nitrogens with zero attached hydrogens (tertiary/aromatic N) is 2. The Hall–Kier alpha value is -2.83. The first-order valence-electron chi connectivity index (χ1n) is 8.81. The lowest BCUT2D eigenvalue weighted by Crippen LogP contribution is -2.16. The second kappa shape index (κ2) is 8.46. The summed E-state index contributed by atoms with van der Waals surface area (Å²) in [6.07, 6.45) is 0. The lowest BCUT2D eigenvalue weighted by molar-refractivity contribution is 0.414. The molecule has 0 unspecified atom stereocenters. The van der Waals surface area contributed by atoms with Crippen LogP contribution < -0.4 is 14.3 Å². The van der Waals surface area contributed by atoms with Gasteiger partial charge in [0.05, 0.1) is 37.0 Å². The van der Waals surface area contributed by atoms with Gasteiger partial charge in [-0.15, -0.1) is 22.7 Å². The normalized spacial score (nSPS) is 11.6. The lowest BCUT2D eigenvalue weighted by atomic mass is 10.2. The molecule has 142 valence electrons. The average molecular weight is 409 g/mol. The van der Waals surface area contributed by atoms with Gasteiger partial charge in [-0.25, -0.2) is 4.99 Å². The average Bonchev–Trinajstić information content (AvgIpc) is 3.40. The predicted octanol–water partition coefficient (Wildman–Crippen LogP) is 5.58. The number of thiophene rings is 1. The van der Waals surface area contributed by atoms with Crippen LogP contribution in [0.15, 0.2) is 76.4 Å². The minimum Gasteiger partial charge on any atom is -0.497 e. The van der Waals surface area contributed by atoms with Gasteiger partial charge in [-0.2, -0.15) is 0 Å². The Balaban J connectivity index is 1.76. The molecular weight excluding hydrogens is 388 g/mol. The van der Waals surface area contributed by atoms with Crippen LogP contribution in [-0.2, 0) is 6.54 Å². The molecule has 2 aromatic heterocycles. The molecule has 0 saturated carbocycles. The summed E-state index contributed by atoms with van der Waals surface area (Å²) in [4.78, 5) is 7.08. The largest absolute Gasteiger partial charge is 0.497 e. The second-order valence-corrected chi connectivity index (χ2v) is 7.91. The van der Waals surface area contributed by atoms with Gasteiger partial charge in [0.25, 0.3) is 0 Å². The van der Waals surface area contributed by atoms with Crippen LogP contribution in [0.1, 0.15) is 5.56 Å². The van der Waals surface area contributed by atoms with E-state index in [4.69, 9.17) is 14.5 Å². The molecule has 4 aromatic rings.